The Hall–Kier alpha value is -2.15. The first-order valence-electron chi connectivity index (χ1n) is 7.74. The molecule has 1 aromatic heterocycles. The lowest BCUT2D eigenvalue weighted by Gasteiger charge is -2.25. The first-order chi connectivity index (χ1) is 11.6. The number of imidazole rings is 1. The van der Waals surface area contributed by atoms with Crippen molar-refractivity contribution < 1.29 is 14.3 Å². The maximum atomic E-state index is 12.5. The van der Waals surface area contributed by atoms with Crippen molar-refractivity contribution >= 4 is 17.7 Å². The Morgan fingerprint density at radius 3 is 3.08 bits per heavy atom. The lowest BCUT2D eigenvalue weighted by Crippen LogP contribution is -2.37. The molecule has 24 heavy (non-hydrogen) atoms. The molecular weight excluding hydrogens is 326 g/mol. The Kier molecular flexibility index (Phi) is 4.99. The second-order valence-corrected chi connectivity index (χ2v) is 6.47. The van der Waals surface area contributed by atoms with E-state index in [1.54, 1.807) is 25.1 Å². The van der Waals surface area contributed by atoms with Crippen molar-refractivity contribution in [3.05, 3.63) is 35.7 Å². The highest BCUT2D eigenvalue weighted by molar-refractivity contribution is 7.98. The third kappa shape index (κ3) is 3.36. The quantitative estimate of drug-likeness (QED) is 0.838. The molecule has 1 aliphatic rings. The van der Waals surface area contributed by atoms with Crippen molar-refractivity contribution in [1.29, 1.82) is 0 Å². The summed E-state index contributed by atoms with van der Waals surface area (Å²) in [7, 11) is 3.58. The molecule has 3 rings (SSSR count). The zero-order valence-corrected chi connectivity index (χ0v) is 14.9. The van der Waals surface area contributed by atoms with E-state index in [0.29, 0.717) is 19.6 Å². The van der Waals surface area contributed by atoms with Gasteiger partial charge in [0.2, 0.25) is 5.91 Å². The second kappa shape index (κ2) is 7.17. The number of carbonyl (C=O) groups excluding carboxylic acids is 1. The van der Waals surface area contributed by atoms with Gasteiger partial charge in [-0.2, -0.15) is 0 Å². The maximum absolute atomic E-state index is 12.5. The van der Waals surface area contributed by atoms with Crippen molar-refractivity contribution in [2.75, 3.05) is 20.0 Å². The number of carbonyl (C=O) groups is 1. The Balaban J connectivity index is 1.62. The SMILES string of the molecule is COc1ccc2c(c1)C[C@H](C(=O)NCc1cnc(SC)n1C)CO2. The molecular formula is C17H21N3O3S. The van der Waals surface area contributed by atoms with Gasteiger partial charge in [-0.25, -0.2) is 4.98 Å². The number of fused-ring (bicyclic) bond motifs is 1. The van der Waals surface area contributed by atoms with Crippen molar-refractivity contribution in [2.45, 2.75) is 18.1 Å². The number of rotatable bonds is 5. The second-order valence-electron chi connectivity index (χ2n) is 5.70. The number of ether oxygens (including phenoxy) is 2. The van der Waals surface area contributed by atoms with E-state index in [4.69, 9.17) is 9.47 Å². The standard InChI is InChI=1S/C17H21N3O3S/c1-20-13(9-19-17(20)24-3)8-18-16(21)12-6-11-7-14(22-2)4-5-15(11)23-10-12/h4-5,7,9,12H,6,8,10H2,1-3H3,(H,18,21)/t12-/m0/s1. The van der Waals surface area contributed by atoms with E-state index in [1.807, 2.05) is 36.1 Å². The average molecular weight is 347 g/mol. The molecule has 6 nitrogen and oxygen atoms in total. The van der Waals surface area contributed by atoms with E-state index < -0.39 is 0 Å². The molecule has 0 fully saturated rings. The molecule has 1 aromatic carbocycles. The highest BCUT2D eigenvalue weighted by Gasteiger charge is 2.26. The Morgan fingerprint density at radius 1 is 1.54 bits per heavy atom. The lowest BCUT2D eigenvalue weighted by atomic mass is 9.96. The molecule has 1 atom stereocenters. The van der Waals surface area contributed by atoms with E-state index in [0.717, 1.165) is 27.9 Å². The number of benzene rings is 1. The number of hydrogen-bond acceptors (Lipinski definition) is 5. The van der Waals surface area contributed by atoms with Crippen LogP contribution >= 0.6 is 11.8 Å². The predicted molar refractivity (Wildman–Crippen MR) is 92.5 cm³/mol. The van der Waals surface area contributed by atoms with Crippen LogP contribution in [-0.2, 0) is 24.8 Å². The third-order valence-corrected chi connectivity index (χ3v) is 4.96. The van der Waals surface area contributed by atoms with E-state index in [2.05, 4.69) is 10.3 Å². The van der Waals surface area contributed by atoms with E-state index in [-0.39, 0.29) is 11.8 Å². The largest absolute Gasteiger partial charge is 0.497 e. The van der Waals surface area contributed by atoms with Gasteiger partial charge in [-0.05, 0) is 36.4 Å². The van der Waals surface area contributed by atoms with E-state index in [9.17, 15) is 4.79 Å². The van der Waals surface area contributed by atoms with Crippen LogP contribution in [0.25, 0.3) is 0 Å². The Labute approximate surface area is 145 Å². The fourth-order valence-corrected chi connectivity index (χ4v) is 3.32. The molecule has 0 saturated heterocycles. The van der Waals surface area contributed by atoms with Gasteiger partial charge in [-0.1, -0.05) is 11.8 Å². The number of nitrogens with one attached hydrogen (secondary N) is 1. The zero-order valence-electron chi connectivity index (χ0n) is 14.0. The summed E-state index contributed by atoms with van der Waals surface area (Å²) >= 11 is 1.58. The molecule has 0 radical (unpaired) electrons. The van der Waals surface area contributed by atoms with Crippen molar-refractivity contribution in [2.24, 2.45) is 13.0 Å². The van der Waals surface area contributed by atoms with Gasteiger partial charge in [0.05, 0.1) is 31.5 Å². The number of methoxy groups -OCH3 is 1. The van der Waals surface area contributed by atoms with Gasteiger partial charge in [0.1, 0.15) is 18.1 Å². The molecule has 1 amide bonds. The first-order valence-corrected chi connectivity index (χ1v) is 8.97. The van der Waals surface area contributed by atoms with Crippen molar-refractivity contribution in [1.82, 2.24) is 14.9 Å². The Bertz CT molecular complexity index is 745. The summed E-state index contributed by atoms with van der Waals surface area (Å²) in [5.41, 5.74) is 1.98. The maximum Gasteiger partial charge on any atom is 0.227 e. The normalized spacial score (nSPS) is 16.2. The predicted octanol–water partition coefficient (Wildman–Crippen LogP) is 2.02. The molecule has 128 valence electrons. The molecule has 2 heterocycles. The van der Waals surface area contributed by atoms with E-state index in [1.165, 1.54) is 0 Å². The summed E-state index contributed by atoms with van der Waals surface area (Å²) in [6.45, 7) is 0.858. The van der Waals surface area contributed by atoms with Crippen molar-refractivity contribution in [3.8, 4) is 11.5 Å². The Morgan fingerprint density at radius 2 is 2.38 bits per heavy atom. The minimum Gasteiger partial charge on any atom is -0.497 e. The van der Waals surface area contributed by atoms with Crippen LogP contribution in [0.15, 0.2) is 29.6 Å². The molecule has 0 spiro atoms. The molecule has 1 N–H and O–H groups in total. The van der Waals surface area contributed by atoms with Crippen LogP contribution in [0.1, 0.15) is 11.3 Å². The number of aromatic nitrogens is 2. The number of nitrogens with zero attached hydrogens (tertiary/aromatic N) is 2. The highest BCUT2D eigenvalue weighted by atomic mass is 32.2. The van der Waals surface area contributed by atoms with Crippen LogP contribution in [0.5, 0.6) is 11.5 Å². The fraction of sp³-hybridized carbons (Fsp3) is 0.412. The van der Waals surface area contributed by atoms with Crippen LogP contribution in [0.3, 0.4) is 0 Å². The summed E-state index contributed by atoms with van der Waals surface area (Å²) in [6, 6.07) is 5.69. The topological polar surface area (TPSA) is 65.4 Å². The minimum absolute atomic E-state index is 0.00429. The average Bonchev–Trinajstić information content (AvgIpc) is 2.98. The monoisotopic (exact) mass is 347 g/mol. The highest BCUT2D eigenvalue weighted by Crippen LogP contribution is 2.30. The summed E-state index contributed by atoms with van der Waals surface area (Å²) in [4.78, 5) is 16.8. The summed E-state index contributed by atoms with van der Waals surface area (Å²) in [5.74, 6) is 1.40. The molecule has 0 saturated carbocycles. The molecule has 0 unspecified atom stereocenters. The first kappa shape index (κ1) is 16.7. The third-order valence-electron chi connectivity index (χ3n) is 4.21. The zero-order chi connectivity index (χ0) is 17.1. The molecule has 0 bridgehead atoms. The number of amides is 1. The van der Waals surface area contributed by atoms with Crippen LogP contribution < -0.4 is 14.8 Å². The fourth-order valence-electron chi connectivity index (χ4n) is 2.77. The van der Waals surface area contributed by atoms with E-state index >= 15 is 0 Å². The smallest absolute Gasteiger partial charge is 0.227 e. The van der Waals surface area contributed by atoms with Crippen molar-refractivity contribution in [3.63, 3.8) is 0 Å². The molecule has 2 aromatic rings. The van der Waals surface area contributed by atoms with Gasteiger partial charge in [0.15, 0.2) is 5.16 Å². The molecule has 1 aliphatic heterocycles. The van der Waals surface area contributed by atoms with Gasteiger partial charge >= 0.3 is 0 Å². The summed E-state index contributed by atoms with van der Waals surface area (Å²) in [5, 5.41) is 3.92. The van der Waals surface area contributed by atoms with Gasteiger partial charge < -0.3 is 19.4 Å². The van der Waals surface area contributed by atoms with Gasteiger partial charge in [0.25, 0.3) is 0 Å². The van der Waals surface area contributed by atoms with Crippen LogP contribution in [-0.4, -0.2) is 35.4 Å². The van der Waals surface area contributed by atoms with Crippen LogP contribution in [0.2, 0.25) is 0 Å². The van der Waals surface area contributed by atoms with Gasteiger partial charge in [0, 0.05) is 7.05 Å². The van der Waals surface area contributed by atoms with Gasteiger partial charge in [-0.3, -0.25) is 4.79 Å². The molecule has 0 aliphatic carbocycles. The lowest BCUT2D eigenvalue weighted by molar-refractivity contribution is -0.126. The number of thioether (sulfide) groups is 1. The molecule has 7 heteroatoms. The minimum atomic E-state index is -0.196. The number of hydrogen-bond donors (Lipinski definition) is 1. The van der Waals surface area contributed by atoms with Crippen LogP contribution in [0, 0.1) is 5.92 Å². The summed E-state index contributed by atoms with van der Waals surface area (Å²) in [6.07, 6.45) is 4.43. The van der Waals surface area contributed by atoms with Gasteiger partial charge in [-0.15, -0.1) is 0 Å². The summed E-state index contributed by atoms with van der Waals surface area (Å²) < 4.78 is 12.9. The van der Waals surface area contributed by atoms with Crippen LogP contribution in [0.4, 0.5) is 0 Å².